The lowest BCUT2D eigenvalue weighted by atomic mass is 9.98. The van der Waals surface area contributed by atoms with Gasteiger partial charge in [-0.25, -0.2) is 4.79 Å². The summed E-state index contributed by atoms with van der Waals surface area (Å²) in [4.78, 5) is 35.9. The van der Waals surface area contributed by atoms with Crippen LogP contribution in [0.2, 0.25) is 0 Å². The number of nitrogens with one attached hydrogen (secondary N) is 2. The Bertz CT molecular complexity index is 1200. The Hall–Kier alpha value is -3.65. The fraction of sp³-hybridized carbons (Fsp3) is 0.192. The predicted octanol–water partition coefficient (Wildman–Crippen LogP) is 5.40. The molecule has 0 saturated heterocycles. The highest BCUT2D eigenvalue weighted by Crippen LogP contribution is 2.44. The summed E-state index contributed by atoms with van der Waals surface area (Å²) in [5.41, 5.74) is 5.05. The molecule has 2 amide bonds. The van der Waals surface area contributed by atoms with Crippen LogP contribution in [0.3, 0.4) is 0 Å². The summed E-state index contributed by atoms with van der Waals surface area (Å²) >= 11 is 3.35. The fourth-order valence-electron chi connectivity index (χ4n) is 4.10. The molecule has 0 fully saturated rings. The summed E-state index contributed by atoms with van der Waals surface area (Å²) in [5.74, 6) is -1.40. The van der Waals surface area contributed by atoms with Crippen LogP contribution in [0, 0.1) is 0 Å². The van der Waals surface area contributed by atoms with Crippen molar-refractivity contribution < 1.29 is 24.2 Å². The van der Waals surface area contributed by atoms with E-state index in [0.29, 0.717) is 16.6 Å². The smallest absolute Gasteiger partial charge is 0.411 e. The van der Waals surface area contributed by atoms with Gasteiger partial charge in [-0.2, -0.15) is 0 Å². The van der Waals surface area contributed by atoms with Crippen molar-refractivity contribution in [1.82, 2.24) is 5.32 Å². The number of ether oxygens (including phenoxy) is 1. The fourth-order valence-corrected chi connectivity index (χ4v) is 4.46. The highest BCUT2D eigenvalue weighted by Gasteiger charge is 2.29. The highest BCUT2D eigenvalue weighted by atomic mass is 79.9. The van der Waals surface area contributed by atoms with Crippen molar-refractivity contribution in [2.75, 3.05) is 18.5 Å². The average molecular weight is 523 g/mol. The summed E-state index contributed by atoms with van der Waals surface area (Å²) in [5, 5.41) is 14.1. The molecule has 0 bridgehead atoms. The Balaban J connectivity index is 1.42. The molecule has 34 heavy (non-hydrogen) atoms. The van der Waals surface area contributed by atoms with Crippen LogP contribution in [0.25, 0.3) is 11.1 Å². The van der Waals surface area contributed by atoms with E-state index in [1.165, 1.54) is 0 Å². The van der Waals surface area contributed by atoms with Crippen molar-refractivity contribution >= 4 is 39.6 Å². The van der Waals surface area contributed by atoms with E-state index in [2.05, 4.69) is 38.7 Å². The van der Waals surface area contributed by atoms with Crippen LogP contribution in [-0.4, -0.2) is 36.2 Å². The van der Waals surface area contributed by atoms with Gasteiger partial charge in [-0.15, -0.1) is 0 Å². The van der Waals surface area contributed by atoms with Gasteiger partial charge in [0.05, 0.1) is 11.3 Å². The molecule has 8 heteroatoms. The third-order valence-corrected chi connectivity index (χ3v) is 6.15. The van der Waals surface area contributed by atoms with Gasteiger partial charge < -0.3 is 15.2 Å². The molecule has 174 valence electrons. The first kappa shape index (κ1) is 23.5. The van der Waals surface area contributed by atoms with Gasteiger partial charge in [0.25, 0.3) is 5.91 Å². The van der Waals surface area contributed by atoms with Crippen LogP contribution in [0.4, 0.5) is 10.5 Å². The van der Waals surface area contributed by atoms with E-state index in [4.69, 9.17) is 9.84 Å². The lowest BCUT2D eigenvalue weighted by molar-refractivity contribution is -0.137. The van der Waals surface area contributed by atoms with E-state index in [0.717, 1.165) is 22.3 Å². The number of halogens is 1. The molecule has 0 aliphatic heterocycles. The molecule has 0 heterocycles. The zero-order valence-electron chi connectivity index (χ0n) is 18.2. The van der Waals surface area contributed by atoms with Crippen LogP contribution >= 0.6 is 15.9 Å². The van der Waals surface area contributed by atoms with Crippen molar-refractivity contribution in [3.05, 3.63) is 87.9 Å². The second-order valence-electron chi connectivity index (χ2n) is 7.89. The molecule has 3 aromatic carbocycles. The first-order valence-electron chi connectivity index (χ1n) is 10.9. The number of fused-ring (bicyclic) bond motifs is 3. The molecule has 0 unspecified atom stereocenters. The second kappa shape index (κ2) is 10.5. The van der Waals surface area contributed by atoms with Gasteiger partial charge in [-0.05, 0) is 46.9 Å². The summed E-state index contributed by atoms with van der Waals surface area (Å²) in [6.45, 7) is 0.371. The Kier molecular flexibility index (Phi) is 7.27. The Morgan fingerprint density at radius 3 is 2.24 bits per heavy atom. The average Bonchev–Trinajstić information content (AvgIpc) is 3.14. The number of anilines is 1. The minimum absolute atomic E-state index is 0.0362. The van der Waals surface area contributed by atoms with Gasteiger partial charge in [-0.1, -0.05) is 64.5 Å². The van der Waals surface area contributed by atoms with Crippen LogP contribution in [0.5, 0.6) is 0 Å². The van der Waals surface area contributed by atoms with E-state index < -0.39 is 18.0 Å². The zero-order chi connectivity index (χ0) is 24.1. The molecule has 4 rings (SSSR count). The lowest BCUT2D eigenvalue weighted by Crippen LogP contribution is -2.27. The van der Waals surface area contributed by atoms with Crippen LogP contribution in [-0.2, 0) is 9.53 Å². The van der Waals surface area contributed by atoms with Crippen molar-refractivity contribution in [2.24, 2.45) is 0 Å². The van der Waals surface area contributed by atoms with Gasteiger partial charge >= 0.3 is 12.1 Å². The summed E-state index contributed by atoms with van der Waals surface area (Å²) < 4.78 is 6.26. The number of benzene rings is 3. The van der Waals surface area contributed by atoms with Crippen molar-refractivity contribution in [1.29, 1.82) is 0 Å². The number of rotatable bonds is 8. The van der Waals surface area contributed by atoms with Crippen LogP contribution in [0.1, 0.15) is 40.2 Å². The molecule has 1 aliphatic rings. The topological polar surface area (TPSA) is 105 Å². The molecular weight excluding hydrogens is 500 g/mol. The Morgan fingerprint density at radius 2 is 1.59 bits per heavy atom. The van der Waals surface area contributed by atoms with Gasteiger partial charge in [0.2, 0.25) is 0 Å². The lowest BCUT2D eigenvalue weighted by Gasteiger charge is -2.16. The van der Waals surface area contributed by atoms with Crippen LogP contribution < -0.4 is 10.6 Å². The second-order valence-corrected chi connectivity index (χ2v) is 8.81. The van der Waals surface area contributed by atoms with E-state index in [1.54, 1.807) is 18.2 Å². The first-order valence-corrected chi connectivity index (χ1v) is 11.6. The molecule has 7 nitrogen and oxygen atoms in total. The number of carboxylic acids is 1. The van der Waals surface area contributed by atoms with Crippen molar-refractivity contribution in [3.8, 4) is 11.1 Å². The minimum atomic E-state index is -0.921. The first-order chi connectivity index (χ1) is 16.4. The number of carboxylic acid groups (broad SMARTS) is 1. The minimum Gasteiger partial charge on any atom is -0.481 e. The maximum atomic E-state index is 12.7. The standard InChI is InChI=1S/C26H23BrN2O5/c27-16-11-12-21(25(32)28-13-5-10-24(30)31)23(14-16)29-26(33)34-15-22-19-8-3-1-6-17(19)18-7-2-4-9-20(18)22/h1-4,6-9,11-12,14,22H,5,10,13,15H2,(H,28,32)(H,29,33)(H,30,31). The van der Waals surface area contributed by atoms with Crippen LogP contribution in [0.15, 0.2) is 71.2 Å². The zero-order valence-corrected chi connectivity index (χ0v) is 19.8. The summed E-state index contributed by atoms with van der Waals surface area (Å²) in [6.07, 6.45) is -0.391. The third kappa shape index (κ3) is 5.28. The molecule has 3 aromatic rings. The quantitative estimate of drug-likeness (QED) is 0.343. The molecule has 1 aliphatic carbocycles. The number of carbonyl (C=O) groups excluding carboxylic acids is 2. The highest BCUT2D eigenvalue weighted by molar-refractivity contribution is 9.10. The number of hydrogen-bond donors (Lipinski definition) is 3. The van der Waals surface area contributed by atoms with E-state index in [1.807, 2.05) is 36.4 Å². The van der Waals surface area contributed by atoms with E-state index in [-0.39, 0.29) is 31.1 Å². The Labute approximate surface area is 205 Å². The molecule has 0 aromatic heterocycles. The Morgan fingerprint density at radius 1 is 0.941 bits per heavy atom. The number of carbonyl (C=O) groups is 3. The van der Waals surface area contributed by atoms with Crippen molar-refractivity contribution in [3.63, 3.8) is 0 Å². The van der Waals surface area contributed by atoms with Gasteiger partial charge in [0.1, 0.15) is 6.61 Å². The predicted molar refractivity (Wildman–Crippen MR) is 132 cm³/mol. The molecule has 3 N–H and O–H groups in total. The maximum Gasteiger partial charge on any atom is 0.411 e. The molecule has 0 saturated carbocycles. The molecule has 0 atom stereocenters. The monoisotopic (exact) mass is 522 g/mol. The maximum absolute atomic E-state index is 12.7. The summed E-state index contributed by atoms with van der Waals surface area (Å²) in [6, 6.07) is 21.0. The van der Waals surface area contributed by atoms with Crippen molar-refractivity contribution in [2.45, 2.75) is 18.8 Å². The summed E-state index contributed by atoms with van der Waals surface area (Å²) in [7, 11) is 0. The van der Waals surface area contributed by atoms with Gasteiger partial charge in [0.15, 0.2) is 0 Å². The number of amides is 2. The normalized spacial score (nSPS) is 11.9. The van der Waals surface area contributed by atoms with Gasteiger partial charge in [-0.3, -0.25) is 14.9 Å². The third-order valence-electron chi connectivity index (χ3n) is 5.66. The van der Waals surface area contributed by atoms with E-state index >= 15 is 0 Å². The number of hydrogen-bond acceptors (Lipinski definition) is 4. The largest absolute Gasteiger partial charge is 0.481 e. The molecular formula is C26H23BrN2O5. The SMILES string of the molecule is O=C(O)CCCNC(=O)c1ccc(Br)cc1NC(=O)OCC1c2ccccc2-c2ccccc21. The number of aliphatic carboxylic acids is 1. The molecule has 0 spiro atoms. The van der Waals surface area contributed by atoms with Gasteiger partial charge in [0, 0.05) is 23.4 Å². The molecule has 0 radical (unpaired) electrons. The van der Waals surface area contributed by atoms with E-state index in [9.17, 15) is 14.4 Å².